The van der Waals surface area contributed by atoms with Gasteiger partial charge in [0.2, 0.25) is 0 Å². The summed E-state index contributed by atoms with van der Waals surface area (Å²) in [4.78, 5) is 18.3. The van der Waals surface area contributed by atoms with Crippen molar-refractivity contribution < 1.29 is 4.74 Å². The lowest BCUT2D eigenvalue weighted by molar-refractivity contribution is 0.0974. The van der Waals surface area contributed by atoms with E-state index in [1.807, 2.05) is 56.0 Å². The molecule has 0 aliphatic carbocycles. The van der Waals surface area contributed by atoms with Crippen LogP contribution in [-0.2, 0) is 11.8 Å². The maximum Gasteiger partial charge on any atom is 0.180 e. The summed E-state index contributed by atoms with van der Waals surface area (Å²) >= 11 is 8.31. The molecule has 0 amide bonds. The van der Waals surface area contributed by atoms with Gasteiger partial charge in [0.1, 0.15) is 11.3 Å². The Morgan fingerprint density at radius 1 is 1.17 bits per heavy atom. The maximum absolute atomic E-state index is 6.75. The number of hydrogen-bond acceptors (Lipinski definition) is 8. The summed E-state index contributed by atoms with van der Waals surface area (Å²) in [6.07, 6.45) is 7.71. The number of aromatic nitrogens is 5. The summed E-state index contributed by atoms with van der Waals surface area (Å²) in [6.45, 7) is 4.61. The summed E-state index contributed by atoms with van der Waals surface area (Å²) in [6, 6.07) is 10.0. The van der Waals surface area contributed by atoms with Crippen LogP contribution in [-0.4, -0.2) is 56.6 Å². The van der Waals surface area contributed by atoms with Crippen LogP contribution in [0.25, 0.3) is 22.4 Å². The van der Waals surface area contributed by atoms with Crippen LogP contribution in [0.1, 0.15) is 19.8 Å². The van der Waals surface area contributed by atoms with E-state index in [1.165, 1.54) is 0 Å². The molecule has 2 fully saturated rings. The normalized spacial score (nSPS) is 21.5. The first-order valence-electron chi connectivity index (χ1n) is 12.1. The van der Waals surface area contributed by atoms with Crippen LogP contribution in [0.5, 0.6) is 0 Å². The van der Waals surface area contributed by atoms with Crippen molar-refractivity contribution in [2.24, 2.45) is 18.2 Å². The van der Waals surface area contributed by atoms with Crippen molar-refractivity contribution in [1.29, 1.82) is 0 Å². The molecule has 5 heterocycles. The van der Waals surface area contributed by atoms with Crippen molar-refractivity contribution in [1.82, 2.24) is 24.7 Å². The Hall–Kier alpha value is -2.72. The standard InChI is InChI=1S/C26H28ClN7OS/c1-16-24(28)26(15-35-16)7-10-34(11-8-26)22-14-29-20-12-17(13-30-25(20)31-22)36-21-5-3-4-18(23(21)27)19-6-9-33(2)32-19/h3-6,9,12-14,16,24H,7-8,10-11,15,28H2,1-2H3/t16-,24+/m0/s1. The number of piperidine rings is 1. The molecule has 0 bridgehead atoms. The van der Waals surface area contributed by atoms with E-state index in [0.29, 0.717) is 10.7 Å². The highest BCUT2D eigenvalue weighted by atomic mass is 35.5. The van der Waals surface area contributed by atoms with Gasteiger partial charge in [-0.1, -0.05) is 35.5 Å². The first-order valence-corrected chi connectivity index (χ1v) is 13.3. The third-order valence-corrected chi connectivity index (χ3v) is 9.01. The highest BCUT2D eigenvalue weighted by molar-refractivity contribution is 7.99. The molecule has 3 aromatic heterocycles. The van der Waals surface area contributed by atoms with E-state index in [1.54, 1.807) is 16.4 Å². The molecule has 186 valence electrons. The minimum absolute atomic E-state index is 0.0831. The van der Waals surface area contributed by atoms with E-state index in [4.69, 9.17) is 27.1 Å². The average molecular weight is 522 g/mol. The third kappa shape index (κ3) is 4.24. The molecule has 2 saturated heterocycles. The molecule has 0 radical (unpaired) electrons. The van der Waals surface area contributed by atoms with Crippen LogP contribution in [0.15, 0.2) is 58.7 Å². The topological polar surface area (TPSA) is 95.0 Å². The maximum atomic E-state index is 6.75. The van der Waals surface area contributed by atoms with Crippen molar-refractivity contribution in [3.8, 4) is 11.3 Å². The SMILES string of the molecule is C[C@@H]1OCC2(CCN(c3cnc4cc(Sc5cccc(-c6ccn(C)n6)c5Cl)cnc4n3)CC2)[C@@H]1N. The molecule has 2 aliphatic rings. The molecule has 1 aromatic carbocycles. The number of benzene rings is 1. The number of halogens is 1. The van der Waals surface area contributed by atoms with E-state index in [0.717, 1.165) is 64.9 Å². The molecule has 2 atom stereocenters. The highest BCUT2D eigenvalue weighted by Gasteiger charge is 2.47. The minimum atomic E-state index is 0.0831. The van der Waals surface area contributed by atoms with Crippen molar-refractivity contribution in [3.05, 3.63) is 53.9 Å². The van der Waals surface area contributed by atoms with Gasteiger partial charge in [0, 0.05) is 59.3 Å². The van der Waals surface area contributed by atoms with Crippen molar-refractivity contribution >= 4 is 40.3 Å². The predicted octanol–water partition coefficient (Wildman–Crippen LogP) is 4.56. The summed E-state index contributed by atoms with van der Waals surface area (Å²) in [5, 5.41) is 5.15. The molecule has 2 aliphatic heterocycles. The molecular weight excluding hydrogens is 494 g/mol. The number of anilines is 1. The second kappa shape index (κ2) is 9.30. The fourth-order valence-electron chi connectivity index (χ4n) is 5.21. The van der Waals surface area contributed by atoms with E-state index < -0.39 is 0 Å². The van der Waals surface area contributed by atoms with Crippen molar-refractivity contribution in [2.75, 3.05) is 24.6 Å². The Kier molecular flexibility index (Phi) is 6.11. The molecule has 36 heavy (non-hydrogen) atoms. The number of aryl methyl sites for hydroxylation is 1. The first-order chi connectivity index (χ1) is 17.4. The van der Waals surface area contributed by atoms with Crippen molar-refractivity contribution in [3.63, 3.8) is 0 Å². The fraction of sp³-hybridized carbons (Fsp3) is 0.385. The van der Waals surface area contributed by atoms with Gasteiger partial charge < -0.3 is 15.4 Å². The van der Waals surface area contributed by atoms with Crippen LogP contribution in [0.4, 0.5) is 5.82 Å². The van der Waals surface area contributed by atoms with Crippen LogP contribution < -0.4 is 10.6 Å². The molecule has 1 spiro atoms. The van der Waals surface area contributed by atoms with Gasteiger partial charge in [0.25, 0.3) is 0 Å². The van der Waals surface area contributed by atoms with Gasteiger partial charge in [-0.3, -0.25) is 4.68 Å². The molecule has 0 unspecified atom stereocenters. The lowest BCUT2D eigenvalue weighted by Gasteiger charge is -2.41. The predicted molar refractivity (Wildman–Crippen MR) is 142 cm³/mol. The third-order valence-electron chi connectivity index (χ3n) is 7.47. The summed E-state index contributed by atoms with van der Waals surface area (Å²) in [7, 11) is 1.89. The summed E-state index contributed by atoms with van der Waals surface area (Å²) in [5.41, 5.74) is 9.70. The Labute approximate surface area is 219 Å². The summed E-state index contributed by atoms with van der Waals surface area (Å²) < 4.78 is 7.62. The van der Waals surface area contributed by atoms with Crippen LogP contribution in [0, 0.1) is 5.41 Å². The Bertz CT molecular complexity index is 1420. The van der Waals surface area contributed by atoms with Gasteiger partial charge in [0.05, 0.1) is 29.6 Å². The van der Waals surface area contributed by atoms with Gasteiger partial charge in [-0.05, 0) is 38.0 Å². The highest BCUT2D eigenvalue weighted by Crippen LogP contribution is 2.42. The molecule has 2 N–H and O–H groups in total. The van der Waals surface area contributed by atoms with Crippen LogP contribution in [0.3, 0.4) is 0 Å². The van der Waals surface area contributed by atoms with E-state index in [2.05, 4.69) is 26.9 Å². The minimum Gasteiger partial charge on any atom is -0.376 e. The quantitative estimate of drug-likeness (QED) is 0.417. The second-order valence-electron chi connectivity index (χ2n) is 9.73. The zero-order chi connectivity index (χ0) is 24.9. The van der Waals surface area contributed by atoms with Gasteiger partial charge in [-0.15, -0.1) is 0 Å². The first kappa shape index (κ1) is 23.7. The average Bonchev–Trinajstić information content (AvgIpc) is 3.44. The van der Waals surface area contributed by atoms with Gasteiger partial charge >= 0.3 is 0 Å². The number of ether oxygens (including phenoxy) is 1. The number of hydrogen-bond donors (Lipinski definition) is 1. The van der Waals surface area contributed by atoms with E-state index >= 15 is 0 Å². The lowest BCUT2D eigenvalue weighted by atomic mass is 9.73. The number of fused-ring (bicyclic) bond motifs is 1. The number of nitrogens with two attached hydrogens (primary N) is 1. The second-order valence-corrected chi connectivity index (χ2v) is 11.2. The largest absolute Gasteiger partial charge is 0.376 e. The van der Waals surface area contributed by atoms with Gasteiger partial charge in [0.15, 0.2) is 5.65 Å². The van der Waals surface area contributed by atoms with Crippen LogP contribution in [0.2, 0.25) is 5.02 Å². The Balaban J connectivity index is 1.19. The smallest absolute Gasteiger partial charge is 0.180 e. The Morgan fingerprint density at radius 2 is 2.00 bits per heavy atom. The summed E-state index contributed by atoms with van der Waals surface area (Å²) in [5.74, 6) is 0.858. The monoisotopic (exact) mass is 521 g/mol. The Morgan fingerprint density at radius 3 is 2.72 bits per heavy atom. The van der Waals surface area contributed by atoms with E-state index in [9.17, 15) is 0 Å². The number of rotatable bonds is 4. The molecule has 0 saturated carbocycles. The molecular formula is C26H28ClN7OS. The molecule has 4 aromatic rings. The molecule has 10 heteroatoms. The number of nitrogens with zero attached hydrogens (tertiary/aromatic N) is 6. The molecule has 8 nitrogen and oxygen atoms in total. The van der Waals surface area contributed by atoms with E-state index in [-0.39, 0.29) is 17.6 Å². The van der Waals surface area contributed by atoms with Crippen molar-refractivity contribution in [2.45, 2.75) is 41.7 Å². The zero-order valence-electron chi connectivity index (χ0n) is 20.3. The van der Waals surface area contributed by atoms with Gasteiger partial charge in [-0.2, -0.15) is 5.10 Å². The molecule has 6 rings (SSSR count). The number of pyridine rings is 1. The van der Waals surface area contributed by atoms with Crippen LogP contribution >= 0.6 is 23.4 Å². The zero-order valence-corrected chi connectivity index (χ0v) is 21.8. The lowest BCUT2D eigenvalue weighted by Crippen LogP contribution is -2.50. The van der Waals surface area contributed by atoms with Gasteiger partial charge in [-0.25, -0.2) is 15.0 Å². The fourth-order valence-corrected chi connectivity index (χ4v) is 6.42.